The van der Waals surface area contributed by atoms with Crippen molar-refractivity contribution < 1.29 is 22.4 Å². The van der Waals surface area contributed by atoms with E-state index >= 15 is 0 Å². The van der Waals surface area contributed by atoms with Crippen LogP contribution in [0.3, 0.4) is 0 Å². The van der Waals surface area contributed by atoms with Crippen LogP contribution in [-0.4, -0.2) is 63.2 Å². The lowest BCUT2D eigenvalue weighted by atomic mass is 10.1. The number of amides is 1. The number of hydrogen-bond acceptors (Lipinski definition) is 6. The SMILES string of the molecule is CC(C)Sc1ccc(S(C)(=O)=O)cc1C(=O)N1CCN(c2ccc(CC=O)cc2F)CC1. The highest BCUT2D eigenvalue weighted by atomic mass is 32.2. The number of rotatable bonds is 7. The molecule has 1 saturated heterocycles. The van der Waals surface area contributed by atoms with Gasteiger partial charge in [0.15, 0.2) is 9.84 Å². The van der Waals surface area contributed by atoms with E-state index in [1.807, 2.05) is 18.7 Å². The van der Waals surface area contributed by atoms with Crippen molar-refractivity contribution in [2.45, 2.75) is 35.3 Å². The Morgan fingerprint density at radius 3 is 2.38 bits per heavy atom. The predicted molar refractivity (Wildman–Crippen MR) is 125 cm³/mol. The first kappa shape index (κ1) is 24.3. The van der Waals surface area contributed by atoms with Gasteiger partial charge in [-0.3, -0.25) is 4.79 Å². The van der Waals surface area contributed by atoms with Gasteiger partial charge in [0.1, 0.15) is 12.1 Å². The summed E-state index contributed by atoms with van der Waals surface area (Å²) in [6.07, 6.45) is 2.03. The summed E-state index contributed by atoms with van der Waals surface area (Å²) in [6, 6.07) is 9.45. The van der Waals surface area contributed by atoms with Crippen LogP contribution in [0.4, 0.5) is 10.1 Å². The minimum Gasteiger partial charge on any atom is -0.366 e. The second-order valence-corrected chi connectivity index (χ2v) is 11.7. The Labute approximate surface area is 192 Å². The van der Waals surface area contributed by atoms with Crippen molar-refractivity contribution in [3.8, 4) is 0 Å². The zero-order chi connectivity index (χ0) is 23.5. The van der Waals surface area contributed by atoms with E-state index in [4.69, 9.17) is 0 Å². The minimum absolute atomic E-state index is 0.116. The highest BCUT2D eigenvalue weighted by Crippen LogP contribution is 2.30. The molecule has 1 aliphatic rings. The fraction of sp³-hybridized carbons (Fsp3) is 0.391. The number of halogens is 1. The zero-order valence-electron chi connectivity index (χ0n) is 18.4. The van der Waals surface area contributed by atoms with Gasteiger partial charge in [-0.1, -0.05) is 19.9 Å². The topological polar surface area (TPSA) is 74.8 Å². The Bertz CT molecular complexity index is 1110. The molecular formula is C23H27FN2O4S2. The molecule has 0 spiro atoms. The highest BCUT2D eigenvalue weighted by molar-refractivity contribution is 8.00. The monoisotopic (exact) mass is 478 g/mol. The van der Waals surface area contributed by atoms with Gasteiger partial charge >= 0.3 is 0 Å². The number of nitrogens with zero attached hydrogens (tertiary/aromatic N) is 2. The molecule has 1 aliphatic heterocycles. The maximum atomic E-state index is 14.5. The molecule has 1 amide bonds. The molecule has 2 aromatic carbocycles. The van der Waals surface area contributed by atoms with Crippen LogP contribution < -0.4 is 4.90 Å². The minimum atomic E-state index is -3.44. The van der Waals surface area contributed by atoms with Crippen molar-refractivity contribution in [1.82, 2.24) is 4.90 Å². The molecule has 172 valence electrons. The van der Waals surface area contributed by atoms with Gasteiger partial charge in [0, 0.05) is 49.0 Å². The quantitative estimate of drug-likeness (QED) is 0.448. The van der Waals surface area contributed by atoms with Crippen molar-refractivity contribution in [2.24, 2.45) is 0 Å². The maximum Gasteiger partial charge on any atom is 0.255 e. The molecule has 1 fully saturated rings. The number of hydrogen-bond donors (Lipinski definition) is 0. The van der Waals surface area contributed by atoms with Crippen LogP contribution in [0.1, 0.15) is 29.8 Å². The first-order valence-corrected chi connectivity index (χ1v) is 13.1. The van der Waals surface area contributed by atoms with Crippen LogP contribution in [0.25, 0.3) is 0 Å². The molecule has 6 nitrogen and oxygen atoms in total. The molecule has 0 bridgehead atoms. The molecule has 0 aliphatic carbocycles. The zero-order valence-corrected chi connectivity index (χ0v) is 20.0. The lowest BCUT2D eigenvalue weighted by Crippen LogP contribution is -2.49. The van der Waals surface area contributed by atoms with Crippen LogP contribution in [0, 0.1) is 5.82 Å². The van der Waals surface area contributed by atoms with Gasteiger partial charge in [0.05, 0.1) is 16.1 Å². The number of aldehydes is 1. The molecular weight excluding hydrogens is 451 g/mol. The molecule has 0 aromatic heterocycles. The summed E-state index contributed by atoms with van der Waals surface area (Å²) in [5.41, 5.74) is 1.45. The summed E-state index contributed by atoms with van der Waals surface area (Å²) < 4.78 is 38.6. The van der Waals surface area contributed by atoms with E-state index in [0.717, 1.165) is 17.4 Å². The van der Waals surface area contributed by atoms with Gasteiger partial charge in [-0.05, 0) is 35.9 Å². The molecule has 32 heavy (non-hydrogen) atoms. The molecule has 2 aromatic rings. The Balaban J connectivity index is 1.78. The van der Waals surface area contributed by atoms with Gasteiger partial charge in [0.25, 0.3) is 5.91 Å². The molecule has 1 heterocycles. The molecule has 0 unspecified atom stereocenters. The lowest BCUT2D eigenvalue weighted by Gasteiger charge is -2.36. The number of carbonyl (C=O) groups excluding carboxylic acids is 2. The van der Waals surface area contributed by atoms with E-state index in [2.05, 4.69) is 0 Å². The Morgan fingerprint density at radius 2 is 1.81 bits per heavy atom. The number of carbonyl (C=O) groups is 2. The molecule has 0 radical (unpaired) electrons. The Morgan fingerprint density at radius 1 is 1.12 bits per heavy atom. The number of anilines is 1. The van der Waals surface area contributed by atoms with E-state index in [-0.39, 0.29) is 28.3 Å². The summed E-state index contributed by atoms with van der Waals surface area (Å²) in [4.78, 5) is 28.4. The van der Waals surface area contributed by atoms with E-state index in [0.29, 0.717) is 43.0 Å². The third kappa shape index (κ3) is 5.69. The standard InChI is InChI=1S/C23H27FN2O4S2/c1-16(2)31-22-7-5-18(32(3,29)30)15-19(22)23(28)26-11-9-25(10-12-26)21-6-4-17(8-13-27)14-20(21)24/h4-7,13-16H,8-12H2,1-3H3. The van der Waals surface area contributed by atoms with Gasteiger partial charge in [-0.25, -0.2) is 12.8 Å². The average molecular weight is 479 g/mol. The van der Waals surface area contributed by atoms with Crippen LogP contribution >= 0.6 is 11.8 Å². The Hall–Kier alpha value is -2.39. The number of sulfone groups is 1. The van der Waals surface area contributed by atoms with E-state index in [1.54, 1.807) is 23.1 Å². The summed E-state index contributed by atoms with van der Waals surface area (Å²) in [5.74, 6) is -0.610. The largest absolute Gasteiger partial charge is 0.366 e. The summed E-state index contributed by atoms with van der Waals surface area (Å²) in [7, 11) is -3.44. The molecule has 0 N–H and O–H groups in total. The number of thioether (sulfide) groups is 1. The average Bonchev–Trinajstić information content (AvgIpc) is 2.73. The summed E-state index contributed by atoms with van der Waals surface area (Å²) >= 11 is 1.51. The van der Waals surface area contributed by atoms with Crippen LogP contribution in [0.5, 0.6) is 0 Å². The van der Waals surface area contributed by atoms with Crippen molar-refractivity contribution in [2.75, 3.05) is 37.3 Å². The molecule has 0 atom stereocenters. The number of benzene rings is 2. The summed E-state index contributed by atoms with van der Waals surface area (Å²) in [6.45, 7) is 5.71. The molecule has 0 saturated carbocycles. The van der Waals surface area contributed by atoms with Crippen molar-refractivity contribution in [3.05, 3.63) is 53.3 Å². The van der Waals surface area contributed by atoms with E-state index < -0.39 is 9.84 Å². The van der Waals surface area contributed by atoms with Crippen molar-refractivity contribution in [3.63, 3.8) is 0 Å². The van der Waals surface area contributed by atoms with Crippen LogP contribution in [0.15, 0.2) is 46.2 Å². The van der Waals surface area contributed by atoms with Crippen molar-refractivity contribution >= 4 is 39.5 Å². The third-order valence-electron chi connectivity index (χ3n) is 5.21. The van der Waals surface area contributed by atoms with Crippen LogP contribution in [-0.2, 0) is 21.1 Å². The first-order valence-electron chi connectivity index (χ1n) is 10.4. The normalized spacial score (nSPS) is 14.7. The van der Waals surface area contributed by atoms with Gasteiger partial charge in [0.2, 0.25) is 0 Å². The van der Waals surface area contributed by atoms with E-state index in [1.165, 1.54) is 30.0 Å². The fourth-order valence-electron chi connectivity index (χ4n) is 3.61. The van der Waals surface area contributed by atoms with Gasteiger partial charge in [-0.15, -0.1) is 11.8 Å². The van der Waals surface area contributed by atoms with Crippen molar-refractivity contribution in [1.29, 1.82) is 0 Å². The third-order valence-corrected chi connectivity index (χ3v) is 7.40. The summed E-state index contributed by atoms with van der Waals surface area (Å²) in [5, 5.41) is 0.229. The predicted octanol–water partition coefficient (Wildman–Crippen LogP) is 3.43. The molecule has 9 heteroatoms. The first-order chi connectivity index (χ1) is 15.1. The maximum absolute atomic E-state index is 14.5. The fourth-order valence-corrected chi connectivity index (χ4v) is 5.19. The van der Waals surface area contributed by atoms with E-state index in [9.17, 15) is 22.4 Å². The van der Waals surface area contributed by atoms with Gasteiger partial charge in [-0.2, -0.15) is 0 Å². The second-order valence-electron chi connectivity index (χ2n) is 8.03. The number of piperazine rings is 1. The smallest absolute Gasteiger partial charge is 0.255 e. The van der Waals surface area contributed by atoms with Crippen LogP contribution in [0.2, 0.25) is 0 Å². The van der Waals surface area contributed by atoms with Gasteiger partial charge < -0.3 is 14.6 Å². The second kappa shape index (κ2) is 10.0. The molecule has 3 rings (SSSR count). The highest BCUT2D eigenvalue weighted by Gasteiger charge is 2.26. The lowest BCUT2D eigenvalue weighted by molar-refractivity contribution is -0.107. The Kier molecular flexibility index (Phi) is 7.61.